The summed E-state index contributed by atoms with van der Waals surface area (Å²) >= 11 is -0.247. The van der Waals surface area contributed by atoms with E-state index in [1.54, 1.807) is 39.7 Å². The summed E-state index contributed by atoms with van der Waals surface area (Å²) in [5, 5.41) is 21.9. The van der Waals surface area contributed by atoms with Gasteiger partial charge in [0.05, 0.1) is 0 Å². The first kappa shape index (κ1) is 25.9. The first-order valence-electron chi connectivity index (χ1n) is 10.1. The SMILES string of the molecule is C=CCc1ccccc1[O-].C=CCc1ccccc1[O-].C[C](C)(C)[Zr+2][C]1=CC=CC1. The van der Waals surface area contributed by atoms with Gasteiger partial charge in [-0.05, 0) is 12.8 Å². The van der Waals surface area contributed by atoms with E-state index in [2.05, 4.69) is 52.2 Å². The third-order valence-electron chi connectivity index (χ3n) is 3.98. The molecule has 0 amide bonds. The average Bonchev–Trinajstić information content (AvgIpc) is 3.18. The molecule has 0 heterocycles. The summed E-state index contributed by atoms with van der Waals surface area (Å²) < 4.78 is 2.37. The van der Waals surface area contributed by atoms with E-state index in [1.807, 2.05) is 24.3 Å². The standard InChI is InChI=1S/2C9H10O.C5H5.C4H9.Zr/c2*1-2-5-8-6-3-4-7-9(8)10;1-2-4-5-3-1;1-4(2)3;/h2*2-4,6-7,10H,1,5H2;1-3H,4H2;1-3H3;/q;;;;+2/p-2. The van der Waals surface area contributed by atoms with Crippen LogP contribution in [0.1, 0.15) is 38.3 Å². The van der Waals surface area contributed by atoms with Gasteiger partial charge in [-0.2, -0.15) is 0 Å². The fourth-order valence-corrected chi connectivity index (χ4v) is 6.03. The molecule has 0 spiro atoms. The van der Waals surface area contributed by atoms with E-state index in [0.29, 0.717) is 16.0 Å². The molecule has 0 aliphatic heterocycles. The molecule has 0 saturated heterocycles. The molecule has 30 heavy (non-hydrogen) atoms. The Morgan fingerprint density at radius 3 is 1.67 bits per heavy atom. The summed E-state index contributed by atoms with van der Waals surface area (Å²) in [6, 6.07) is 14.0. The van der Waals surface area contributed by atoms with E-state index >= 15 is 0 Å². The van der Waals surface area contributed by atoms with Gasteiger partial charge in [-0.15, -0.1) is 24.7 Å². The van der Waals surface area contributed by atoms with Crippen LogP contribution in [0, 0.1) is 0 Å². The summed E-state index contributed by atoms with van der Waals surface area (Å²) in [7, 11) is 0. The van der Waals surface area contributed by atoms with Gasteiger partial charge in [0.2, 0.25) is 0 Å². The zero-order chi connectivity index (χ0) is 22.4. The van der Waals surface area contributed by atoms with Crippen molar-refractivity contribution in [2.24, 2.45) is 0 Å². The number of allylic oxidation sites excluding steroid dienone is 6. The first-order valence-corrected chi connectivity index (χ1v) is 12.6. The van der Waals surface area contributed by atoms with Crippen LogP contribution in [0.25, 0.3) is 0 Å². The molecular weight excluding hydrogens is 448 g/mol. The first-order chi connectivity index (χ1) is 14.3. The molecule has 0 saturated carbocycles. The Bertz CT molecular complexity index is 806. The quantitative estimate of drug-likeness (QED) is 0.486. The fraction of sp³-hybridized carbons (Fsp3) is 0.259. The van der Waals surface area contributed by atoms with Crippen molar-refractivity contribution in [1.82, 2.24) is 0 Å². The monoisotopic (exact) mass is 478 g/mol. The molecule has 0 fully saturated rings. The number of rotatable bonds is 5. The van der Waals surface area contributed by atoms with Crippen LogP contribution in [0.2, 0.25) is 3.12 Å². The summed E-state index contributed by atoms with van der Waals surface area (Å²) in [4.78, 5) is 0. The molecule has 156 valence electrons. The molecule has 2 aromatic rings. The van der Waals surface area contributed by atoms with Crippen LogP contribution in [0.4, 0.5) is 0 Å². The Morgan fingerprint density at radius 1 is 0.867 bits per heavy atom. The molecule has 2 aromatic carbocycles. The summed E-state index contributed by atoms with van der Waals surface area (Å²) in [5.41, 5.74) is 1.63. The molecule has 0 aromatic heterocycles. The number of hydrogen-bond donors (Lipinski definition) is 0. The molecule has 3 rings (SSSR count). The van der Waals surface area contributed by atoms with Crippen molar-refractivity contribution in [1.29, 1.82) is 0 Å². The van der Waals surface area contributed by atoms with Crippen molar-refractivity contribution in [3.05, 3.63) is 106 Å². The van der Waals surface area contributed by atoms with Gasteiger partial charge in [0.25, 0.3) is 0 Å². The van der Waals surface area contributed by atoms with Gasteiger partial charge >= 0.3 is 75.1 Å². The van der Waals surface area contributed by atoms with Gasteiger partial charge in [0.1, 0.15) is 0 Å². The van der Waals surface area contributed by atoms with Crippen LogP contribution < -0.4 is 10.2 Å². The summed E-state index contributed by atoms with van der Waals surface area (Å²) in [6.45, 7) is 14.2. The molecule has 2 nitrogen and oxygen atoms in total. The Hall–Kier alpha value is -2.12. The van der Waals surface area contributed by atoms with E-state index in [4.69, 9.17) is 0 Å². The van der Waals surface area contributed by atoms with Crippen molar-refractivity contribution in [3.63, 3.8) is 0 Å². The van der Waals surface area contributed by atoms with Gasteiger partial charge in [-0.25, -0.2) is 0 Å². The van der Waals surface area contributed by atoms with E-state index in [0.717, 1.165) is 11.1 Å². The van der Waals surface area contributed by atoms with Crippen LogP contribution in [-0.4, -0.2) is 0 Å². The Kier molecular flexibility index (Phi) is 12.1. The van der Waals surface area contributed by atoms with Crippen molar-refractivity contribution >= 4 is 0 Å². The molecule has 0 N–H and O–H groups in total. The predicted octanol–water partition coefficient (Wildman–Crippen LogP) is 6.11. The zero-order valence-corrected chi connectivity index (χ0v) is 20.8. The predicted molar refractivity (Wildman–Crippen MR) is 121 cm³/mol. The number of para-hydroxylation sites is 2. The van der Waals surface area contributed by atoms with Gasteiger partial charge in [0.15, 0.2) is 0 Å². The minimum atomic E-state index is -0.247. The maximum atomic E-state index is 11.0. The Morgan fingerprint density at radius 2 is 1.33 bits per heavy atom. The van der Waals surface area contributed by atoms with E-state index in [-0.39, 0.29) is 34.7 Å². The second kappa shape index (κ2) is 14.0. The molecule has 1 aliphatic carbocycles. The van der Waals surface area contributed by atoms with Gasteiger partial charge < -0.3 is 10.2 Å². The van der Waals surface area contributed by atoms with Crippen LogP contribution in [0.3, 0.4) is 0 Å². The molecule has 3 heteroatoms. The minimum absolute atomic E-state index is 0.0994. The van der Waals surface area contributed by atoms with Crippen LogP contribution in [0.5, 0.6) is 11.5 Å². The van der Waals surface area contributed by atoms with Crippen LogP contribution >= 0.6 is 0 Å². The number of hydrogen-bond acceptors (Lipinski definition) is 2. The Balaban J connectivity index is 0.000000225. The Labute approximate surface area is 193 Å². The van der Waals surface area contributed by atoms with E-state index in [1.165, 1.54) is 6.42 Å². The van der Waals surface area contributed by atoms with E-state index in [9.17, 15) is 10.2 Å². The third kappa shape index (κ3) is 11.2. The van der Waals surface area contributed by atoms with Gasteiger partial charge in [0, 0.05) is 0 Å². The maximum absolute atomic E-state index is 11.0. The molecular formula is C27H32O2Zr. The van der Waals surface area contributed by atoms with Crippen molar-refractivity contribution in [2.45, 2.75) is 43.2 Å². The normalized spacial score (nSPS) is 11.8. The van der Waals surface area contributed by atoms with Crippen molar-refractivity contribution < 1.29 is 33.4 Å². The van der Waals surface area contributed by atoms with Crippen molar-refractivity contribution in [2.75, 3.05) is 0 Å². The second-order valence-electron chi connectivity index (χ2n) is 7.90. The van der Waals surface area contributed by atoms with Gasteiger partial charge in [-0.1, -0.05) is 71.8 Å². The zero-order valence-electron chi connectivity index (χ0n) is 18.4. The van der Waals surface area contributed by atoms with Crippen LogP contribution in [0.15, 0.2) is 95.3 Å². The molecule has 1 aliphatic rings. The number of benzene rings is 2. The third-order valence-corrected chi connectivity index (χ3v) is 7.52. The fourth-order valence-electron chi connectivity index (χ4n) is 2.68. The van der Waals surface area contributed by atoms with Crippen molar-refractivity contribution in [3.8, 4) is 11.5 Å². The average molecular weight is 480 g/mol. The van der Waals surface area contributed by atoms with Crippen LogP contribution in [-0.2, 0) is 36.1 Å². The molecule has 0 bridgehead atoms. The van der Waals surface area contributed by atoms with Gasteiger partial charge in [-0.3, -0.25) is 0 Å². The van der Waals surface area contributed by atoms with E-state index < -0.39 is 0 Å². The second-order valence-corrected chi connectivity index (χ2v) is 13.8. The topological polar surface area (TPSA) is 46.1 Å². The molecule has 0 unspecified atom stereocenters. The molecule has 0 radical (unpaired) electrons. The summed E-state index contributed by atoms with van der Waals surface area (Å²) in [5.74, 6) is 0.199. The molecule has 0 atom stereocenters. The summed E-state index contributed by atoms with van der Waals surface area (Å²) in [6.07, 6.45) is 12.8.